The lowest BCUT2D eigenvalue weighted by Crippen LogP contribution is -2.36. The van der Waals surface area contributed by atoms with Gasteiger partial charge in [-0.1, -0.05) is 0 Å². The molecule has 0 fully saturated rings. The molecule has 0 radical (unpaired) electrons. The van der Waals surface area contributed by atoms with E-state index in [9.17, 15) is 18.0 Å². The quantitative estimate of drug-likeness (QED) is 0.498. The van der Waals surface area contributed by atoms with Gasteiger partial charge in [-0.05, 0) is 0 Å². The smallest absolute Gasteiger partial charge is 0.335 e. The van der Waals surface area contributed by atoms with Crippen molar-refractivity contribution in [2.24, 2.45) is 0 Å². The fourth-order valence-corrected chi connectivity index (χ4v) is 1.42. The molecule has 8 heteroatoms. The van der Waals surface area contributed by atoms with E-state index in [1.165, 1.54) is 0 Å². The van der Waals surface area contributed by atoms with Crippen LogP contribution in [0.4, 0.5) is 0 Å². The molecule has 1 rings (SSSR count). The van der Waals surface area contributed by atoms with Crippen molar-refractivity contribution < 1.29 is 8.42 Å². The highest BCUT2D eigenvalue weighted by atomic mass is 32.2. The molecule has 1 heterocycles. The van der Waals surface area contributed by atoms with E-state index in [0.29, 0.717) is 4.68 Å². The third-order valence-corrected chi connectivity index (χ3v) is 2.42. The Morgan fingerprint density at radius 3 is 2.46 bits per heavy atom. The average molecular weight is 205 g/mol. The van der Waals surface area contributed by atoms with Crippen LogP contribution in [0.1, 0.15) is 0 Å². The van der Waals surface area contributed by atoms with Gasteiger partial charge in [0.25, 0.3) is 5.56 Å². The number of hydrogen-bond acceptors (Lipinski definition) is 5. The van der Waals surface area contributed by atoms with Crippen LogP contribution in [0, 0.1) is 0 Å². The van der Waals surface area contributed by atoms with Crippen LogP contribution < -0.4 is 17.1 Å². The SMILES string of the molecule is CS(=O)(=O)c1cn(N)c(=O)[nH]c1=O. The van der Waals surface area contributed by atoms with Crippen LogP contribution in [0.25, 0.3) is 0 Å². The number of nitrogen functional groups attached to an aromatic ring is 1. The first kappa shape index (κ1) is 9.52. The number of rotatable bonds is 1. The Morgan fingerprint density at radius 1 is 1.46 bits per heavy atom. The molecular formula is C5H7N3O4S. The molecule has 0 amide bonds. The van der Waals surface area contributed by atoms with Gasteiger partial charge in [-0.15, -0.1) is 0 Å². The van der Waals surface area contributed by atoms with Gasteiger partial charge in [0, 0.05) is 6.26 Å². The van der Waals surface area contributed by atoms with Crippen molar-refractivity contribution in [3.8, 4) is 0 Å². The topological polar surface area (TPSA) is 115 Å². The van der Waals surface area contributed by atoms with E-state index in [2.05, 4.69) is 0 Å². The highest BCUT2D eigenvalue weighted by molar-refractivity contribution is 7.90. The van der Waals surface area contributed by atoms with Gasteiger partial charge < -0.3 is 5.84 Å². The molecule has 1 aromatic heterocycles. The maximum atomic E-state index is 10.9. The fourth-order valence-electron chi connectivity index (χ4n) is 0.731. The molecule has 3 N–H and O–H groups in total. The minimum absolute atomic E-state index is 0.498. The monoisotopic (exact) mass is 205 g/mol. The van der Waals surface area contributed by atoms with Crippen LogP contribution in [0.15, 0.2) is 20.7 Å². The van der Waals surface area contributed by atoms with Gasteiger partial charge in [-0.3, -0.25) is 9.78 Å². The van der Waals surface area contributed by atoms with Crippen molar-refractivity contribution in [3.05, 3.63) is 27.0 Å². The maximum absolute atomic E-state index is 10.9. The second-order valence-electron chi connectivity index (χ2n) is 2.43. The summed E-state index contributed by atoms with van der Waals surface area (Å²) in [5.41, 5.74) is -1.83. The van der Waals surface area contributed by atoms with E-state index in [1.807, 2.05) is 0 Å². The van der Waals surface area contributed by atoms with Crippen LogP contribution in [0.2, 0.25) is 0 Å². The lowest BCUT2D eigenvalue weighted by atomic mass is 10.6. The summed E-state index contributed by atoms with van der Waals surface area (Å²) in [5, 5.41) is 0. The van der Waals surface area contributed by atoms with Gasteiger partial charge in [-0.25, -0.2) is 17.9 Å². The van der Waals surface area contributed by atoms with Crippen LogP contribution >= 0.6 is 0 Å². The third-order valence-electron chi connectivity index (χ3n) is 1.33. The molecule has 0 spiro atoms. The zero-order valence-electron chi connectivity index (χ0n) is 6.64. The number of nitrogens with zero attached hydrogens (tertiary/aromatic N) is 1. The molecule has 0 aliphatic rings. The van der Waals surface area contributed by atoms with E-state index in [-0.39, 0.29) is 0 Å². The molecule has 0 saturated carbocycles. The lowest BCUT2D eigenvalue weighted by Gasteiger charge is -1.98. The molecule has 13 heavy (non-hydrogen) atoms. The van der Waals surface area contributed by atoms with Gasteiger partial charge in [0.1, 0.15) is 0 Å². The first-order valence-electron chi connectivity index (χ1n) is 3.13. The Kier molecular flexibility index (Phi) is 2.00. The summed E-state index contributed by atoms with van der Waals surface area (Å²) in [7, 11) is -3.66. The minimum Gasteiger partial charge on any atom is -0.335 e. The molecular weight excluding hydrogens is 198 g/mol. The average Bonchev–Trinajstić information content (AvgIpc) is 1.94. The molecule has 0 aromatic carbocycles. The summed E-state index contributed by atoms with van der Waals surface area (Å²) in [4.78, 5) is 22.9. The summed E-state index contributed by atoms with van der Waals surface area (Å²) in [5.74, 6) is 5.06. The number of H-pyrrole nitrogens is 1. The summed E-state index contributed by atoms with van der Waals surface area (Å²) in [6.07, 6.45) is 1.62. The van der Waals surface area contributed by atoms with E-state index in [4.69, 9.17) is 5.84 Å². The first-order valence-corrected chi connectivity index (χ1v) is 5.02. The van der Waals surface area contributed by atoms with Gasteiger partial charge in [0.15, 0.2) is 14.7 Å². The number of sulfone groups is 1. The third kappa shape index (κ3) is 1.78. The van der Waals surface area contributed by atoms with Crippen LogP contribution in [-0.4, -0.2) is 24.3 Å². The predicted octanol–water partition coefficient (Wildman–Crippen LogP) is -2.35. The Hall–Kier alpha value is -1.57. The molecule has 0 aliphatic heterocycles. The van der Waals surface area contributed by atoms with E-state index >= 15 is 0 Å². The molecule has 1 aromatic rings. The molecule has 0 bridgehead atoms. The Labute approximate surface area is 72.7 Å². The molecule has 7 nitrogen and oxygen atoms in total. The Balaban J connectivity index is 3.70. The van der Waals surface area contributed by atoms with Crippen LogP contribution in [-0.2, 0) is 9.84 Å². The van der Waals surface area contributed by atoms with Gasteiger partial charge in [0.2, 0.25) is 0 Å². The van der Waals surface area contributed by atoms with Crippen LogP contribution in [0.3, 0.4) is 0 Å². The summed E-state index contributed by atoms with van der Waals surface area (Å²) < 4.78 is 22.4. The van der Waals surface area contributed by atoms with Crippen molar-refractivity contribution >= 4 is 9.84 Å². The van der Waals surface area contributed by atoms with Crippen molar-refractivity contribution in [1.29, 1.82) is 0 Å². The normalized spacial score (nSPS) is 11.5. The standard InChI is InChI=1S/C5H7N3O4S/c1-13(11,12)3-2-8(6)5(10)7-4(3)9/h2H,6H2,1H3,(H,7,9,10). The van der Waals surface area contributed by atoms with E-state index in [0.717, 1.165) is 12.5 Å². The van der Waals surface area contributed by atoms with E-state index in [1.54, 1.807) is 4.98 Å². The van der Waals surface area contributed by atoms with E-state index < -0.39 is 26.0 Å². The molecule has 0 aliphatic carbocycles. The maximum Gasteiger partial charge on any atom is 0.346 e. The zero-order valence-corrected chi connectivity index (χ0v) is 7.46. The second kappa shape index (κ2) is 2.73. The van der Waals surface area contributed by atoms with Crippen molar-refractivity contribution in [3.63, 3.8) is 0 Å². The highest BCUT2D eigenvalue weighted by Gasteiger charge is 2.13. The Bertz CT molecular complexity index is 538. The molecule has 0 atom stereocenters. The van der Waals surface area contributed by atoms with Crippen molar-refractivity contribution in [2.45, 2.75) is 4.90 Å². The van der Waals surface area contributed by atoms with Crippen LogP contribution in [0.5, 0.6) is 0 Å². The summed E-state index contributed by atoms with van der Waals surface area (Å²) in [6, 6.07) is 0. The summed E-state index contributed by atoms with van der Waals surface area (Å²) >= 11 is 0. The van der Waals surface area contributed by atoms with Crippen molar-refractivity contribution in [2.75, 3.05) is 12.1 Å². The molecule has 0 saturated heterocycles. The number of aromatic nitrogens is 2. The number of hydrogen-bond donors (Lipinski definition) is 2. The minimum atomic E-state index is -3.66. The lowest BCUT2D eigenvalue weighted by molar-refractivity contribution is 0.598. The molecule has 0 unspecified atom stereocenters. The van der Waals surface area contributed by atoms with Crippen molar-refractivity contribution in [1.82, 2.24) is 9.66 Å². The largest absolute Gasteiger partial charge is 0.346 e. The fraction of sp³-hybridized carbons (Fsp3) is 0.200. The number of nitrogens with one attached hydrogen (secondary N) is 1. The summed E-state index contributed by atoms with van der Waals surface area (Å²) in [6.45, 7) is 0. The van der Waals surface area contributed by atoms with Gasteiger partial charge in [-0.2, -0.15) is 0 Å². The number of aromatic amines is 1. The molecule has 72 valence electrons. The Morgan fingerprint density at radius 2 is 2.00 bits per heavy atom. The van der Waals surface area contributed by atoms with Gasteiger partial charge >= 0.3 is 5.69 Å². The first-order chi connectivity index (χ1) is 5.82. The highest BCUT2D eigenvalue weighted by Crippen LogP contribution is 1.96. The zero-order chi connectivity index (χ0) is 10.2. The number of nitrogens with two attached hydrogens (primary N) is 1. The second-order valence-corrected chi connectivity index (χ2v) is 4.42. The predicted molar refractivity (Wildman–Crippen MR) is 44.6 cm³/mol. The van der Waals surface area contributed by atoms with Gasteiger partial charge in [0.05, 0.1) is 6.20 Å².